The SMILES string of the molecule is CCNC(=O)Cc1ccc(NC2CCC(CC)C2)cc1. The first-order chi connectivity index (χ1) is 9.71. The summed E-state index contributed by atoms with van der Waals surface area (Å²) in [5, 5.41) is 6.43. The van der Waals surface area contributed by atoms with Crippen molar-refractivity contribution in [2.75, 3.05) is 11.9 Å². The fourth-order valence-corrected chi connectivity index (χ4v) is 2.98. The van der Waals surface area contributed by atoms with Gasteiger partial charge in [0.1, 0.15) is 0 Å². The molecule has 0 aliphatic heterocycles. The van der Waals surface area contributed by atoms with E-state index in [9.17, 15) is 4.79 Å². The highest BCUT2D eigenvalue weighted by Gasteiger charge is 2.22. The maximum atomic E-state index is 11.5. The van der Waals surface area contributed by atoms with Gasteiger partial charge in [0, 0.05) is 18.3 Å². The van der Waals surface area contributed by atoms with Gasteiger partial charge in [0.2, 0.25) is 5.91 Å². The van der Waals surface area contributed by atoms with Crippen LogP contribution >= 0.6 is 0 Å². The summed E-state index contributed by atoms with van der Waals surface area (Å²) in [6.45, 7) is 4.91. The Bertz CT molecular complexity index is 427. The van der Waals surface area contributed by atoms with E-state index in [1.165, 1.54) is 31.4 Å². The molecule has 0 spiro atoms. The van der Waals surface area contributed by atoms with Crippen molar-refractivity contribution in [2.24, 2.45) is 5.92 Å². The number of nitrogens with one attached hydrogen (secondary N) is 2. The summed E-state index contributed by atoms with van der Waals surface area (Å²) < 4.78 is 0. The molecule has 1 aromatic carbocycles. The van der Waals surface area contributed by atoms with Crippen molar-refractivity contribution in [3.63, 3.8) is 0 Å². The summed E-state index contributed by atoms with van der Waals surface area (Å²) in [6, 6.07) is 8.89. The molecular formula is C17H26N2O. The molecule has 1 aromatic rings. The van der Waals surface area contributed by atoms with E-state index in [0.29, 0.717) is 19.0 Å². The third-order valence-electron chi connectivity index (χ3n) is 4.18. The van der Waals surface area contributed by atoms with E-state index >= 15 is 0 Å². The summed E-state index contributed by atoms with van der Waals surface area (Å²) in [6.07, 6.45) is 5.68. The number of carbonyl (C=O) groups is 1. The molecule has 3 nitrogen and oxygen atoms in total. The van der Waals surface area contributed by atoms with Gasteiger partial charge >= 0.3 is 0 Å². The minimum Gasteiger partial charge on any atom is -0.382 e. The molecular weight excluding hydrogens is 248 g/mol. The molecule has 2 unspecified atom stereocenters. The van der Waals surface area contributed by atoms with Crippen molar-refractivity contribution < 1.29 is 4.79 Å². The van der Waals surface area contributed by atoms with E-state index in [-0.39, 0.29) is 5.91 Å². The zero-order valence-electron chi connectivity index (χ0n) is 12.6. The van der Waals surface area contributed by atoms with Crippen molar-refractivity contribution >= 4 is 11.6 Å². The summed E-state index contributed by atoms with van der Waals surface area (Å²) in [4.78, 5) is 11.5. The summed E-state index contributed by atoms with van der Waals surface area (Å²) >= 11 is 0. The molecule has 2 rings (SSSR count). The van der Waals surface area contributed by atoms with Crippen LogP contribution in [0.1, 0.15) is 45.1 Å². The van der Waals surface area contributed by atoms with Crippen molar-refractivity contribution in [2.45, 2.75) is 52.0 Å². The van der Waals surface area contributed by atoms with Crippen LogP contribution < -0.4 is 10.6 Å². The molecule has 1 saturated carbocycles. The zero-order valence-corrected chi connectivity index (χ0v) is 12.6. The van der Waals surface area contributed by atoms with Gasteiger partial charge in [-0.1, -0.05) is 25.5 Å². The molecule has 3 heteroatoms. The number of benzene rings is 1. The molecule has 0 aromatic heterocycles. The van der Waals surface area contributed by atoms with Crippen molar-refractivity contribution in [1.82, 2.24) is 5.32 Å². The number of carbonyl (C=O) groups excluding carboxylic acids is 1. The Hall–Kier alpha value is -1.51. The Morgan fingerprint density at radius 1 is 1.20 bits per heavy atom. The number of hydrogen-bond acceptors (Lipinski definition) is 2. The highest BCUT2D eigenvalue weighted by atomic mass is 16.1. The van der Waals surface area contributed by atoms with E-state index in [1.807, 2.05) is 19.1 Å². The molecule has 20 heavy (non-hydrogen) atoms. The standard InChI is InChI=1S/C17H26N2O/c1-3-13-5-10-16(11-13)19-15-8-6-14(7-9-15)12-17(20)18-4-2/h6-9,13,16,19H,3-5,10-12H2,1-2H3,(H,18,20). The van der Waals surface area contributed by atoms with Crippen LogP contribution in [0.25, 0.3) is 0 Å². The van der Waals surface area contributed by atoms with Gasteiger partial charge in [-0.25, -0.2) is 0 Å². The monoisotopic (exact) mass is 274 g/mol. The van der Waals surface area contributed by atoms with Gasteiger partial charge in [-0.15, -0.1) is 0 Å². The van der Waals surface area contributed by atoms with Gasteiger partial charge in [-0.3, -0.25) is 4.79 Å². The van der Waals surface area contributed by atoms with Crippen LogP contribution in [-0.2, 0) is 11.2 Å². The number of likely N-dealkylation sites (N-methyl/N-ethyl adjacent to an activating group) is 1. The van der Waals surface area contributed by atoms with Gasteiger partial charge in [0.05, 0.1) is 6.42 Å². The minimum atomic E-state index is 0.0924. The molecule has 110 valence electrons. The van der Waals surface area contributed by atoms with E-state index in [1.54, 1.807) is 0 Å². The third-order valence-corrected chi connectivity index (χ3v) is 4.18. The molecule has 2 N–H and O–H groups in total. The summed E-state index contributed by atoms with van der Waals surface area (Å²) in [5.74, 6) is 0.985. The molecule has 2 atom stereocenters. The van der Waals surface area contributed by atoms with E-state index in [0.717, 1.165) is 11.5 Å². The van der Waals surface area contributed by atoms with Crippen molar-refractivity contribution in [3.8, 4) is 0 Å². The second-order valence-electron chi connectivity index (χ2n) is 5.76. The van der Waals surface area contributed by atoms with Crippen molar-refractivity contribution in [1.29, 1.82) is 0 Å². The normalized spacial score (nSPS) is 21.7. The van der Waals surface area contributed by atoms with Gasteiger partial charge in [-0.05, 0) is 49.8 Å². The van der Waals surface area contributed by atoms with Crippen LogP contribution in [0.5, 0.6) is 0 Å². The Morgan fingerprint density at radius 3 is 2.55 bits per heavy atom. The van der Waals surface area contributed by atoms with E-state index in [4.69, 9.17) is 0 Å². The largest absolute Gasteiger partial charge is 0.382 e. The summed E-state index contributed by atoms with van der Waals surface area (Å²) in [5.41, 5.74) is 2.24. The highest BCUT2D eigenvalue weighted by Crippen LogP contribution is 2.30. The van der Waals surface area contributed by atoms with Crippen LogP contribution in [0, 0.1) is 5.92 Å². The Morgan fingerprint density at radius 2 is 1.95 bits per heavy atom. The van der Waals surface area contributed by atoms with Crippen LogP contribution in [0.2, 0.25) is 0 Å². The highest BCUT2D eigenvalue weighted by molar-refractivity contribution is 5.78. The number of amides is 1. The Labute approximate surface area is 122 Å². The lowest BCUT2D eigenvalue weighted by atomic mass is 10.1. The van der Waals surface area contributed by atoms with Gasteiger partial charge < -0.3 is 10.6 Å². The smallest absolute Gasteiger partial charge is 0.224 e. The molecule has 0 heterocycles. The number of rotatable bonds is 6. The predicted octanol–water partition coefficient (Wildman–Crippen LogP) is 3.36. The van der Waals surface area contributed by atoms with Crippen LogP contribution in [0.3, 0.4) is 0 Å². The summed E-state index contributed by atoms with van der Waals surface area (Å²) in [7, 11) is 0. The maximum Gasteiger partial charge on any atom is 0.224 e. The molecule has 1 fully saturated rings. The topological polar surface area (TPSA) is 41.1 Å². The molecule has 0 saturated heterocycles. The lowest BCUT2D eigenvalue weighted by molar-refractivity contribution is -0.120. The third kappa shape index (κ3) is 4.26. The fourth-order valence-electron chi connectivity index (χ4n) is 2.98. The predicted molar refractivity (Wildman–Crippen MR) is 83.9 cm³/mol. The van der Waals surface area contributed by atoms with E-state index < -0.39 is 0 Å². The first kappa shape index (κ1) is 14.9. The fraction of sp³-hybridized carbons (Fsp3) is 0.588. The van der Waals surface area contributed by atoms with Gasteiger partial charge in [0.15, 0.2) is 0 Å². The average Bonchev–Trinajstić information content (AvgIpc) is 2.89. The maximum absolute atomic E-state index is 11.5. The first-order valence-electron chi connectivity index (χ1n) is 7.83. The minimum absolute atomic E-state index is 0.0924. The van der Waals surface area contributed by atoms with Gasteiger partial charge in [0.25, 0.3) is 0 Å². The molecule has 1 amide bonds. The zero-order chi connectivity index (χ0) is 14.4. The Kier molecular flexibility index (Phi) is 5.45. The van der Waals surface area contributed by atoms with Gasteiger partial charge in [-0.2, -0.15) is 0 Å². The number of anilines is 1. The lowest BCUT2D eigenvalue weighted by Gasteiger charge is -2.14. The molecule has 1 aliphatic carbocycles. The molecule has 1 aliphatic rings. The molecule has 0 radical (unpaired) electrons. The lowest BCUT2D eigenvalue weighted by Crippen LogP contribution is -2.24. The second kappa shape index (κ2) is 7.32. The average molecular weight is 274 g/mol. The van der Waals surface area contributed by atoms with Crippen LogP contribution in [0.15, 0.2) is 24.3 Å². The van der Waals surface area contributed by atoms with Crippen LogP contribution in [0.4, 0.5) is 5.69 Å². The van der Waals surface area contributed by atoms with Crippen LogP contribution in [-0.4, -0.2) is 18.5 Å². The van der Waals surface area contributed by atoms with Crippen molar-refractivity contribution in [3.05, 3.63) is 29.8 Å². The second-order valence-corrected chi connectivity index (χ2v) is 5.76. The first-order valence-corrected chi connectivity index (χ1v) is 7.83. The molecule has 0 bridgehead atoms. The Balaban J connectivity index is 1.84. The number of hydrogen-bond donors (Lipinski definition) is 2. The van der Waals surface area contributed by atoms with E-state index in [2.05, 4.69) is 29.7 Å². The quantitative estimate of drug-likeness (QED) is 0.835.